The minimum absolute atomic E-state index is 0.243. The molecule has 0 radical (unpaired) electrons. The molecule has 42 heavy (non-hydrogen) atoms. The van der Waals surface area contributed by atoms with E-state index in [2.05, 4.69) is 25.2 Å². The summed E-state index contributed by atoms with van der Waals surface area (Å²) in [6.45, 7) is 3.59. The Morgan fingerprint density at radius 3 is 1.36 bits per heavy atom. The van der Waals surface area contributed by atoms with Crippen LogP contribution in [0.3, 0.4) is 0 Å². The topological polar surface area (TPSA) is 163 Å². The van der Waals surface area contributed by atoms with Gasteiger partial charge in [0.15, 0.2) is 10.1 Å². The van der Waals surface area contributed by atoms with Crippen molar-refractivity contribution in [1.29, 1.82) is 0 Å². The molecular formula is C25H25Cl2N11O4. The first-order valence-corrected chi connectivity index (χ1v) is 13.6. The maximum absolute atomic E-state index is 11.4. The third-order valence-electron chi connectivity index (χ3n) is 6.68. The van der Waals surface area contributed by atoms with Crippen LogP contribution in [0.2, 0.25) is 10.3 Å². The van der Waals surface area contributed by atoms with Crippen molar-refractivity contribution in [3.8, 4) is 0 Å². The zero-order chi connectivity index (χ0) is 29.6. The Morgan fingerprint density at radius 1 is 0.643 bits per heavy atom. The van der Waals surface area contributed by atoms with Gasteiger partial charge in [0.2, 0.25) is 0 Å². The van der Waals surface area contributed by atoms with E-state index in [4.69, 9.17) is 23.2 Å². The molecule has 17 heteroatoms. The molecule has 0 N–H and O–H groups in total. The summed E-state index contributed by atoms with van der Waals surface area (Å²) in [6, 6.07) is 8.90. The summed E-state index contributed by atoms with van der Waals surface area (Å²) in [6.07, 6.45) is 6.64. The molecule has 0 atom stereocenters. The number of halogens is 2. The van der Waals surface area contributed by atoms with E-state index >= 15 is 0 Å². The third-order valence-corrected chi connectivity index (χ3v) is 7.12. The standard InChI is InChI=1S/C25H25Cl2N11O4/c26-22-3-1-18(12-29-22)14-33-5-7-35(24(33)31-37(39)40)16-20-9-21(11-28-10-20)17-36-8-6-34(25(36)32-38(41)42)15-19-2-4-23(27)30-13-19/h1-4,9-13H,5-8,14-17H2/b31-24+,32-25+. The second kappa shape index (κ2) is 12.9. The zero-order valence-corrected chi connectivity index (χ0v) is 23.7. The van der Waals surface area contributed by atoms with Gasteiger partial charge in [-0.25, -0.2) is 30.2 Å². The number of hydrazone groups is 2. The van der Waals surface area contributed by atoms with Gasteiger partial charge in [0.1, 0.15) is 20.5 Å². The lowest BCUT2D eigenvalue weighted by molar-refractivity contribution is -0.486. The average molecular weight is 614 g/mol. The monoisotopic (exact) mass is 613 g/mol. The molecule has 0 aliphatic carbocycles. The minimum atomic E-state index is -0.704. The average Bonchev–Trinajstić information content (AvgIpc) is 3.49. The van der Waals surface area contributed by atoms with Crippen LogP contribution in [0.5, 0.6) is 0 Å². The SMILES string of the molecule is O=[N+]([O-])/N=C1\N(Cc2ccc(Cl)nc2)CCN1Cc1cncc(CN2CCN(Cc3ccc(Cl)nc3)/C2=N\[N+](=O)[O-])c1. The van der Waals surface area contributed by atoms with Gasteiger partial charge in [0.25, 0.3) is 11.9 Å². The van der Waals surface area contributed by atoms with Crippen LogP contribution in [0.4, 0.5) is 0 Å². The molecule has 15 nitrogen and oxygen atoms in total. The Kier molecular flexibility index (Phi) is 8.88. The molecule has 2 aliphatic rings. The largest absolute Gasteiger partial charge is 0.331 e. The van der Waals surface area contributed by atoms with Gasteiger partial charge < -0.3 is 19.6 Å². The van der Waals surface area contributed by atoms with Crippen molar-refractivity contribution in [3.05, 3.63) is 108 Å². The van der Waals surface area contributed by atoms with Crippen LogP contribution in [0.25, 0.3) is 0 Å². The Morgan fingerprint density at radius 2 is 1.02 bits per heavy atom. The van der Waals surface area contributed by atoms with E-state index in [9.17, 15) is 20.2 Å². The Bertz CT molecular complexity index is 1400. The quantitative estimate of drug-likeness (QED) is 0.187. The number of nitro groups is 2. The molecule has 3 aromatic rings. The number of rotatable bonds is 10. The van der Waals surface area contributed by atoms with Gasteiger partial charge in [-0.2, -0.15) is 0 Å². The van der Waals surface area contributed by atoms with Crippen LogP contribution >= 0.6 is 23.2 Å². The van der Waals surface area contributed by atoms with Crippen LogP contribution in [0, 0.1) is 20.2 Å². The smallest absolute Gasteiger partial charge is 0.274 e. The van der Waals surface area contributed by atoms with E-state index in [0.717, 1.165) is 22.3 Å². The predicted octanol–water partition coefficient (Wildman–Crippen LogP) is 2.91. The van der Waals surface area contributed by atoms with E-state index in [1.807, 2.05) is 37.8 Å². The number of guanidine groups is 2. The summed E-state index contributed by atoms with van der Waals surface area (Å²) < 4.78 is 0. The summed E-state index contributed by atoms with van der Waals surface area (Å²) in [5.41, 5.74) is 3.32. The second-order valence-corrected chi connectivity index (χ2v) is 10.4. The lowest BCUT2D eigenvalue weighted by Crippen LogP contribution is -2.34. The number of hydrogen-bond donors (Lipinski definition) is 0. The molecule has 5 heterocycles. The molecular weight excluding hydrogens is 589 g/mol. The molecule has 0 spiro atoms. The molecule has 218 valence electrons. The van der Waals surface area contributed by atoms with Crippen molar-refractivity contribution in [1.82, 2.24) is 34.6 Å². The van der Waals surface area contributed by atoms with Gasteiger partial charge in [0, 0.05) is 77.1 Å². The van der Waals surface area contributed by atoms with Crippen LogP contribution in [0.1, 0.15) is 22.3 Å². The Balaban J connectivity index is 1.28. The molecule has 2 aliphatic heterocycles. The molecule has 2 saturated heterocycles. The highest BCUT2D eigenvalue weighted by Crippen LogP contribution is 2.20. The highest BCUT2D eigenvalue weighted by molar-refractivity contribution is 6.29. The highest BCUT2D eigenvalue weighted by atomic mass is 35.5. The first-order chi connectivity index (χ1) is 20.2. The number of nitrogens with zero attached hydrogens (tertiary/aromatic N) is 11. The molecule has 0 saturated carbocycles. The van der Waals surface area contributed by atoms with E-state index in [0.29, 0.717) is 62.7 Å². The van der Waals surface area contributed by atoms with Crippen molar-refractivity contribution < 1.29 is 10.1 Å². The lowest BCUT2D eigenvalue weighted by atomic mass is 10.2. The minimum Gasteiger partial charge on any atom is -0.331 e. The van der Waals surface area contributed by atoms with Crippen LogP contribution in [0.15, 0.2) is 65.3 Å². The lowest BCUT2D eigenvalue weighted by Gasteiger charge is -2.22. The summed E-state index contributed by atoms with van der Waals surface area (Å²) in [4.78, 5) is 42.5. The van der Waals surface area contributed by atoms with Gasteiger partial charge in [-0.1, -0.05) is 35.3 Å². The maximum atomic E-state index is 11.4. The summed E-state index contributed by atoms with van der Waals surface area (Å²) >= 11 is 11.8. The highest BCUT2D eigenvalue weighted by Gasteiger charge is 2.31. The van der Waals surface area contributed by atoms with E-state index in [-0.39, 0.29) is 11.9 Å². The Labute approximate surface area is 250 Å². The van der Waals surface area contributed by atoms with Crippen molar-refractivity contribution in [2.75, 3.05) is 26.2 Å². The van der Waals surface area contributed by atoms with Crippen molar-refractivity contribution >= 4 is 35.1 Å². The number of hydrogen-bond acceptors (Lipinski definition) is 7. The van der Waals surface area contributed by atoms with Crippen molar-refractivity contribution in [2.24, 2.45) is 10.2 Å². The molecule has 0 unspecified atom stereocenters. The van der Waals surface area contributed by atoms with Crippen LogP contribution in [-0.2, 0) is 26.2 Å². The fraction of sp³-hybridized carbons (Fsp3) is 0.320. The molecule has 2 fully saturated rings. The summed E-state index contributed by atoms with van der Waals surface area (Å²) in [7, 11) is 0. The first-order valence-electron chi connectivity index (χ1n) is 12.8. The van der Waals surface area contributed by atoms with Crippen molar-refractivity contribution in [3.63, 3.8) is 0 Å². The van der Waals surface area contributed by atoms with Gasteiger partial charge in [-0.05, 0) is 40.5 Å². The summed E-state index contributed by atoms with van der Waals surface area (Å²) in [5, 5.41) is 29.3. The summed E-state index contributed by atoms with van der Waals surface area (Å²) in [5.74, 6) is 0.486. The first kappa shape index (κ1) is 28.9. The fourth-order valence-corrected chi connectivity index (χ4v) is 5.10. The van der Waals surface area contributed by atoms with Crippen LogP contribution in [-0.4, -0.2) is 82.7 Å². The van der Waals surface area contributed by atoms with E-state index in [1.165, 1.54) is 0 Å². The van der Waals surface area contributed by atoms with E-state index < -0.39 is 10.1 Å². The molecule has 3 aromatic heterocycles. The zero-order valence-electron chi connectivity index (χ0n) is 22.2. The van der Waals surface area contributed by atoms with Gasteiger partial charge in [-0.3, -0.25) is 4.98 Å². The number of pyridine rings is 3. The molecule has 0 aromatic carbocycles. The normalized spacial score (nSPS) is 17.1. The number of aromatic nitrogens is 3. The Hall–Kier alpha value is -4.63. The predicted molar refractivity (Wildman–Crippen MR) is 153 cm³/mol. The van der Waals surface area contributed by atoms with Gasteiger partial charge in [0.05, 0.1) is 0 Å². The molecule has 0 amide bonds. The van der Waals surface area contributed by atoms with Gasteiger partial charge in [-0.15, -0.1) is 0 Å². The second-order valence-electron chi connectivity index (χ2n) is 9.64. The third kappa shape index (κ3) is 7.36. The molecule has 0 bridgehead atoms. The van der Waals surface area contributed by atoms with Crippen molar-refractivity contribution in [2.45, 2.75) is 26.2 Å². The van der Waals surface area contributed by atoms with Gasteiger partial charge >= 0.3 is 0 Å². The van der Waals surface area contributed by atoms with E-state index in [1.54, 1.807) is 36.9 Å². The molecule has 5 rings (SSSR count). The fourth-order valence-electron chi connectivity index (χ4n) is 4.88. The maximum Gasteiger partial charge on any atom is 0.274 e. The van der Waals surface area contributed by atoms with Crippen LogP contribution < -0.4 is 0 Å².